The summed E-state index contributed by atoms with van der Waals surface area (Å²) < 4.78 is 13.0. The standard InChI is InChI=1S/C9H11FN2O3/c10-8-7(2-1-3-11-8)9(15)12-6(4-13)5-14/h1-3,6,13-14H,4-5H2,(H,12,15). The van der Waals surface area contributed by atoms with Crippen LogP contribution in [0, 0.1) is 5.95 Å². The molecular formula is C9H11FN2O3. The van der Waals surface area contributed by atoms with Crippen molar-refractivity contribution in [2.75, 3.05) is 13.2 Å². The summed E-state index contributed by atoms with van der Waals surface area (Å²) in [5, 5.41) is 19.7. The number of amides is 1. The Morgan fingerprint density at radius 2 is 2.20 bits per heavy atom. The van der Waals surface area contributed by atoms with Gasteiger partial charge >= 0.3 is 0 Å². The third kappa shape index (κ3) is 2.97. The van der Waals surface area contributed by atoms with Crippen LogP contribution >= 0.6 is 0 Å². The van der Waals surface area contributed by atoms with E-state index in [0.717, 1.165) is 0 Å². The van der Waals surface area contributed by atoms with E-state index in [-0.39, 0.29) is 5.56 Å². The van der Waals surface area contributed by atoms with Gasteiger partial charge in [-0.05, 0) is 12.1 Å². The van der Waals surface area contributed by atoms with Crippen molar-refractivity contribution in [3.63, 3.8) is 0 Å². The lowest BCUT2D eigenvalue weighted by molar-refractivity contribution is 0.0874. The van der Waals surface area contributed by atoms with Crippen molar-refractivity contribution in [1.82, 2.24) is 10.3 Å². The lowest BCUT2D eigenvalue weighted by Gasteiger charge is -2.12. The highest BCUT2D eigenvalue weighted by molar-refractivity contribution is 5.94. The highest BCUT2D eigenvalue weighted by Crippen LogP contribution is 2.02. The van der Waals surface area contributed by atoms with Gasteiger partial charge in [0.2, 0.25) is 5.95 Å². The van der Waals surface area contributed by atoms with E-state index in [9.17, 15) is 9.18 Å². The quantitative estimate of drug-likeness (QED) is 0.579. The third-order valence-corrected chi connectivity index (χ3v) is 1.78. The zero-order chi connectivity index (χ0) is 11.3. The molecule has 1 amide bonds. The summed E-state index contributed by atoms with van der Waals surface area (Å²) >= 11 is 0. The van der Waals surface area contributed by atoms with Gasteiger partial charge in [0, 0.05) is 6.20 Å². The van der Waals surface area contributed by atoms with Crippen LogP contribution in [0.3, 0.4) is 0 Å². The van der Waals surface area contributed by atoms with Crippen molar-refractivity contribution in [3.8, 4) is 0 Å². The maximum atomic E-state index is 13.0. The van der Waals surface area contributed by atoms with Gasteiger partial charge in [-0.25, -0.2) is 4.98 Å². The molecule has 6 heteroatoms. The Bertz CT molecular complexity index is 342. The molecule has 0 unspecified atom stereocenters. The molecule has 0 saturated heterocycles. The topological polar surface area (TPSA) is 82.5 Å². The second kappa shape index (κ2) is 5.38. The van der Waals surface area contributed by atoms with Crippen LogP contribution in [0.5, 0.6) is 0 Å². The first-order valence-corrected chi connectivity index (χ1v) is 4.32. The highest BCUT2D eigenvalue weighted by Gasteiger charge is 2.15. The number of carbonyl (C=O) groups is 1. The Hall–Kier alpha value is -1.53. The molecule has 0 bridgehead atoms. The molecule has 0 aliphatic heterocycles. The van der Waals surface area contributed by atoms with Gasteiger partial charge in [-0.15, -0.1) is 0 Å². The Kier molecular flexibility index (Phi) is 4.14. The molecule has 1 heterocycles. The van der Waals surface area contributed by atoms with Crippen molar-refractivity contribution in [1.29, 1.82) is 0 Å². The Morgan fingerprint density at radius 3 is 2.73 bits per heavy atom. The number of aliphatic hydroxyl groups is 2. The minimum Gasteiger partial charge on any atom is -0.394 e. The van der Waals surface area contributed by atoms with Gasteiger partial charge in [-0.3, -0.25) is 4.79 Å². The number of hydrogen-bond acceptors (Lipinski definition) is 4. The normalized spacial score (nSPS) is 10.4. The molecule has 1 rings (SSSR count). The maximum absolute atomic E-state index is 13.0. The van der Waals surface area contributed by atoms with Gasteiger partial charge in [0.05, 0.1) is 24.8 Å². The summed E-state index contributed by atoms with van der Waals surface area (Å²) in [7, 11) is 0. The first-order valence-electron chi connectivity index (χ1n) is 4.32. The number of carbonyl (C=O) groups excluding carboxylic acids is 1. The molecular weight excluding hydrogens is 203 g/mol. The van der Waals surface area contributed by atoms with Gasteiger partial charge < -0.3 is 15.5 Å². The smallest absolute Gasteiger partial charge is 0.256 e. The number of halogens is 1. The summed E-state index contributed by atoms with van der Waals surface area (Å²) in [5.41, 5.74) is -0.218. The fraction of sp³-hybridized carbons (Fsp3) is 0.333. The molecule has 0 aliphatic rings. The summed E-state index contributed by atoms with van der Waals surface area (Å²) in [6, 6.07) is 1.89. The predicted octanol–water partition coefficient (Wildman–Crippen LogP) is -0.696. The number of rotatable bonds is 4. The zero-order valence-electron chi connectivity index (χ0n) is 7.85. The summed E-state index contributed by atoms with van der Waals surface area (Å²) in [5.74, 6) is -1.60. The first-order chi connectivity index (χ1) is 7.19. The average Bonchev–Trinajstić information content (AvgIpc) is 2.26. The highest BCUT2D eigenvalue weighted by atomic mass is 19.1. The zero-order valence-corrected chi connectivity index (χ0v) is 7.85. The second-order valence-electron chi connectivity index (χ2n) is 2.88. The van der Waals surface area contributed by atoms with Gasteiger partial charge in [0.1, 0.15) is 0 Å². The Balaban J connectivity index is 2.73. The maximum Gasteiger partial charge on any atom is 0.256 e. The monoisotopic (exact) mass is 214 g/mol. The van der Waals surface area contributed by atoms with Crippen LogP contribution in [0.1, 0.15) is 10.4 Å². The van der Waals surface area contributed by atoms with Crippen LogP contribution in [0.4, 0.5) is 4.39 Å². The van der Waals surface area contributed by atoms with Crippen LogP contribution < -0.4 is 5.32 Å². The van der Waals surface area contributed by atoms with E-state index in [2.05, 4.69) is 10.3 Å². The molecule has 1 aromatic heterocycles. The largest absolute Gasteiger partial charge is 0.394 e. The molecule has 0 radical (unpaired) electrons. The van der Waals surface area contributed by atoms with E-state index in [4.69, 9.17) is 10.2 Å². The Morgan fingerprint density at radius 1 is 1.53 bits per heavy atom. The van der Waals surface area contributed by atoms with Crippen molar-refractivity contribution in [2.24, 2.45) is 0 Å². The number of aliphatic hydroxyl groups excluding tert-OH is 2. The Labute approximate surface area is 85.6 Å². The number of nitrogens with zero attached hydrogens (tertiary/aromatic N) is 1. The molecule has 5 nitrogen and oxygen atoms in total. The van der Waals surface area contributed by atoms with E-state index < -0.39 is 31.1 Å². The molecule has 0 fully saturated rings. The van der Waals surface area contributed by atoms with Crippen LogP contribution in [-0.4, -0.2) is 40.4 Å². The van der Waals surface area contributed by atoms with Gasteiger partial charge in [-0.2, -0.15) is 4.39 Å². The van der Waals surface area contributed by atoms with Gasteiger partial charge in [0.25, 0.3) is 5.91 Å². The van der Waals surface area contributed by atoms with Crippen molar-refractivity contribution < 1.29 is 19.4 Å². The van der Waals surface area contributed by atoms with Crippen molar-refractivity contribution >= 4 is 5.91 Å². The van der Waals surface area contributed by atoms with Crippen molar-refractivity contribution in [2.45, 2.75) is 6.04 Å². The lowest BCUT2D eigenvalue weighted by atomic mass is 10.2. The molecule has 0 aromatic carbocycles. The molecule has 0 atom stereocenters. The van der Waals surface area contributed by atoms with Gasteiger partial charge in [-0.1, -0.05) is 0 Å². The van der Waals surface area contributed by atoms with Crippen LogP contribution in [0.25, 0.3) is 0 Å². The molecule has 0 saturated carbocycles. The molecule has 0 spiro atoms. The van der Waals surface area contributed by atoms with E-state index in [1.807, 2.05) is 0 Å². The number of nitrogens with one attached hydrogen (secondary N) is 1. The van der Waals surface area contributed by atoms with E-state index in [1.54, 1.807) is 0 Å². The van der Waals surface area contributed by atoms with Gasteiger partial charge in [0.15, 0.2) is 0 Å². The summed E-state index contributed by atoms with van der Waals surface area (Å²) in [6.07, 6.45) is 1.22. The van der Waals surface area contributed by atoms with Crippen LogP contribution in [0.2, 0.25) is 0 Å². The minimum atomic E-state index is -0.885. The predicted molar refractivity (Wildman–Crippen MR) is 49.6 cm³/mol. The fourth-order valence-electron chi connectivity index (χ4n) is 0.968. The lowest BCUT2D eigenvalue weighted by Crippen LogP contribution is -2.40. The van der Waals surface area contributed by atoms with E-state index >= 15 is 0 Å². The van der Waals surface area contributed by atoms with Crippen LogP contribution in [0.15, 0.2) is 18.3 Å². The second-order valence-corrected chi connectivity index (χ2v) is 2.88. The summed E-state index contributed by atoms with van der Waals surface area (Å²) in [4.78, 5) is 14.7. The summed E-state index contributed by atoms with van der Waals surface area (Å²) in [6.45, 7) is -0.825. The molecule has 0 aliphatic carbocycles. The first kappa shape index (κ1) is 11.5. The van der Waals surface area contributed by atoms with E-state index in [0.29, 0.717) is 0 Å². The van der Waals surface area contributed by atoms with E-state index in [1.165, 1.54) is 18.3 Å². The number of pyridine rings is 1. The minimum absolute atomic E-state index is 0.218. The fourth-order valence-corrected chi connectivity index (χ4v) is 0.968. The molecule has 15 heavy (non-hydrogen) atoms. The number of hydrogen-bond donors (Lipinski definition) is 3. The molecule has 1 aromatic rings. The number of aromatic nitrogens is 1. The SMILES string of the molecule is O=C(NC(CO)CO)c1cccnc1F. The average molecular weight is 214 g/mol. The third-order valence-electron chi connectivity index (χ3n) is 1.78. The van der Waals surface area contributed by atoms with Crippen molar-refractivity contribution in [3.05, 3.63) is 29.8 Å². The van der Waals surface area contributed by atoms with Crippen LogP contribution in [-0.2, 0) is 0 Å². The molecule has 3 N–H and O–H groups in total. The molecule has 82 valence electrons.